The third-order valence-electron chi connectivity index (χ3n) is 10.5. The number of halogens is 13. The fourth-order valence-corrected chi connectivity index (χ4v) is 10.1. The second kappa shape index (κ2) is 18.2. The molecular weight excluding hydrogens is 931 g/mol. The lowest BCUT2D eigenvalue weighted by molar-refractivity contribution is -0.138. The summed E-state index contributed by atoms with van der Waals surface area (Å²) in [5, 5.41) is 0. The molecule has 0 saturated carbocycles. The summed E-state index contributed by atoms with van der Waals surface area (Å²) in [6.45, 7) is 0. The van der Waals surface area contributed by atoms with Gasteiger partial charge in [0.05, 0.1) is 22.3 Å². The summed E-state index contributed by atoms with van der Waals surface area (Å²) in [7, 11) is -2.33. The second-order valence-corrected chi connectivity index (χ2v) is 17.9. The first-order valence-electron chi connectivity index (χ1n) is 18.8. The third-order valence-corrected chi connectivity index (χ3v) is 13.8. The molecule has 0 amide bonds. The molecule has 326 valence electrons. The first-order valence-corrected chi connectivity index (χ1v) is 21.3. The van der Waals surface area contributed by atoms with Gasteiger partial charge >= 0.3 is 24.7 Å². The van der Waals surface area contributed by atoms with Crippen LogP contribution in [0.1, 0.15) is 27.8 Å². The van der Waals surface area contributed by atoms with Crippen LogP contribution in [0.4, 0.5) is 52.7 Å². The van der Waals surface area contributed by atoms with Crippen LogP contribution in [0.25, 0.3) is 0 Å². The SMILES string of the molecule is FC(F)(F)c1ccc([B-](c2ccc(C(F)(F)F)cc2)(c2ccc(C(F)(F)F)cc2)c2ccc(C(F)(F)F)cc2)cc1.O=[S+](Cc1ccc(Br)cc1)(c1ccccc1)c1ccccc1. The van der Waals surface area contributed by atoms with E-state index < -0.39 is 63.0 Å². The van der Waals surface area contributed by atoms with E-state index in [1.807, 2.05) is 84.9 Å². The zero-order chi connectivity index (χ0) is 45.8. The number of alkyl halides is 12. The van der Waals surface area contributed by atoms with Crippen LogP contribution in [-0.4, -0.2) is 6.15 Å². The maximum absolute atomic E-state index is 13.8. The molecule has 0 fully saturated rings. The Balaban J connectivity index is 0.000000251. The zero-order valence-electron chi connectivity index (χ0n) is 32.3. The maximum Gasteiger partial charge on any atom is 0.416 e. The van der Waals surface area contributed by atoms with Crippen molar-refractivity contribution >= 4 is 53.9 Å². The Hall–Kier alpha value is -5.61. The zero-order valence-corrected chi connectivity index (χ0v) is 34.7. The van der Waals surface area contributed by atoms with Gasteiger partial charge in [0, 0.05) is 10.0 Å². The summed E-state index contributed by atoms with van der Waals surface area (Å²) in [6, 6.07) is 41.1. The average Bonchev–Trinajstić information content (AvgIpc) is 3.25. The molecule has 0 aliphatic rings. The summed E-state index contributed by atoms with van der Waals surface area (Å²) in [6.07, 6.45) is -22.0. The van der Waals surface area contributed by atoms with E-state index in [1.165, 1.54) is 0 Å². The Labute approximate surface area is 363 Å². The van der Waals surface area contributed by atoms with Gasteiger partial charge < -0.3 is 0 Å². The Morgan fingerprint density at radius 1 is 0.365 bits per heavy atom. The van der Waals surface area contributed by atoms with E-state index >= 15 is 0 Å². The van der Waals surface area contributed by atoms with Crippen LogP contribution in [0.3, 0.4) is 0 Å². The molecule has 0 N–H and O–H groups in total. The van der Waals surface area contributed by atoms with E-state index in [-0.39, 0.29) is 21.9 Å². The minimum absolute atomic E-state index is 0.0114. The molecule has 0 radical (unpaired) electrons. The summed E-state index contributed by atoms with van der Waals surface area (Å²) >= 11 is 3.44. The normalized spacial score (nSPS) is 12.7. The predicted molar refractivity (Wildman–Crippen MR) is 225 cm³/mol. The molecule has 63 heavy (non-hydrogen) atoms. The minimum atomic E-state index is -4.77. The van der Waals surface area contributed by atoms with E-state index in [0.717, 1.165) is 68.4 Å². The molecule has 16 heteroatoms. The van der Waals surface area contributed by atoms with Gasteiger partial charge in [0.1, 0.15) is 11.9 Å². The quantitative estimate of drug-likeness (QED) is 0.0843. The van der Waals surface area contributed by atoms with Crippen molar-refractivity contribution in [2.75, 3.05) is 0 Å². The summed E-state index contributed by atoms with van der Waals surface area (Å²) in [5.74, 6) is 0.508. The van der Waals surface area contributed by atoms with Gasteiger partial charge in [-0.1, -0.05) is 166 Å². The van der Waals surface area contributed by atoms with Crippen molar-refractivity contribution in [2.45, 2.75) is 40.2 Å². The first kappa shape index (κ1) is 46.9. The molecular formula is C47H32BBrF12OS. The van der Waals surface area contributed by atoms with Crippen molar-refractivity contribution in [3.05, 3.63) is 214 Å². The Kier molecular flexibility index (Phi) is 13.6. The second-order valence-electron chi connectivity index (χ2n) is 14.4. The molecule has 0 spiro atoms. The monoisotopic (exact) mass is 962 g/mol. The highest BCUT2D eigenvalue weighted by Gasteiger charge is 2.39. The predicted octanol–water partition coefficient (Wildman–Crippen LogP) is 12.7. The molecule has 0 aliphatic heterocycles. The topological polar surface area (TPSA) is 17.1 Å². The summed E-state index contributed by atoms with van der Waals surface area (Å²) in [4.78, 5) is 1.76. The smallest absolute Gasteiger partial charge is 0.195 e. The highest BCUT2D eigenvalue weighted by molar-refractivity contribution is 9.10. The van der Waals surface area contributed by atoms with E-state index in [9.17, 15) is 56.9 Å². The highest BCUT2D eigenvalue weighted by Crippen LogP contribution is 2.34. The number of rotatable bonds is 8. The molecule has 7 aromatic rings. The third kappa shape index (κ3) is 10.6. The van der Waals surface area contributed by atoms with Gasteiger partial charge in [-0.25, -0.2) is 0 Å². The molecule has 1 nitrogen and oxygen atoms in total. The Morgan fingerprint density at radius 3 is 0.857 bits per heavy atom. The van der Waals surface area contributed by atoms with E-state index in [4.69, 9.17) is 0 Å². The van der Waals surface area contributed by atoms with Gasteiger partial charge in [0.15, 0.2) is 19.7 Å². The fraction of sp³-hybridized carbons (Fsp3) is 0.106. The lowest BCUT2D eigenvalue weighted by Crippen LogP contribution is -2.74. The van der Waals surface area contributed by atoms with Crippen molar-refractivity contribution in [1.29, 1.82) is 0 Å². The first-order chi connectivity index (χ1) is 29.5. The average molecular weight is 964 g/mol. The highest BCUT2D eigenvalue weighted by atomic mass is 79.9. The molecule has 0 bridgehead atoms. The van der Waals surface area contributed by atoms with Crippen LogP contribution in [-0.2, 0) is 44.6 Å². The van der Waals surface area contributed by atoms with Gasteiger partial charge in [0.25, 0.3) is 0 Å². The van der Waals surface area contributed by atoms with Gasteiger partial charge in [-0.2, -0.15) is 74.5 Å². The Morgan fingerprint density at radius 2 is 0.619 bits per heavy atom. The van der Waals surface area contributed by atoms with Crippen molar-refractivity contribution in [3.63, 3.8) is 0 Å². The maximum atomic E-state index is 13.8. The van der Waals surface area contributed by atoms with Crippen LogP contribution in [0.15, 0.2) is 196 Å². The fourth-order valence-electron chi connectivity index (χ4n) is 7.40. The largest absolute Gasteiger partial charge is 0.416 e. The van der Waals surface area contributed by atoms with Crippen molar-refractivity contribution in [2.24, 2.45) is 0 Å². The molecule has 0 unspecified atom stereocenters. The van der Waals surface area contributed by atoms with Crippen LogP contribution in [0.5, 0.6) is 0 Å². The lowest BCUT2D eigenvalue weighted by atomic mass is 9.13. The van der Waals surface area contributed by atoms with Gasteiger partial charge in [0.2, 0.25) is 0 Å². The standard InChI is InChI=1S/C28H16BF12.C19H16BrOS/c30-25(31,32)17-1-9-21(10-2-17)29(22-11-3-18(4-12-22)26(33,34)35,23-13-5-19(6-14-23)27(36,37)38)24-15-7-20(8-16-24)28(39,40)41;20-17-13-11-16(12-14-17)15-22(21,18-7-3-1-4-8-18)19-9-5-2-6-10-19/h1-16H;1-14H,15H2/q-1;+1. The molecule has 0 atom stereocenters. The number of benzene rings is 7. The van der Waals surface area contributed by atoms with E-state index in [0.29, 0.717) is 54.3 Å². The molecule has 0 heterocycles. The molecule has 0 saturated heterocycles. The molecule has 7 rings (SSSR count). The van der Waals surface area contributed by atoms with Crippen molar-refractivity contribution in [3.8, 4) is 0 Å². The van der Waals surface area contributed by atoms with E-state index in [2.05, 4.69) is 15.9 Å². The molecule has 7 aromatic carbocycles. The number of hydrogen-bond donors (Lipinski definition) is 0. The van der Waals surface area contributed by atoms with Gasteiger partial charge in [-0.05, 0) is 36.4 Å². The van der Waals surface area contributed by atoms with Crippen LogP contribution < -0.4 is 21.9 Å². The number of hydrogen-bond acceptors (Lipinski definition) is 1. The van der Waals surface area contributed by atoms with E-state index in [1.54, 1.807) is 0 Å². The van der Waals surface area contributed by atoms with Crippen molar-refractivity contribution in [1.82, 2.24) is 0 Å². The van der Waals surface area contributed by atoms with Crippen LogP contribution in [0.2, 0.25) is 0 Å². The van der Waals surface area contributed by atoms with Crippen molar-refractivity contribution < 1.29 is 56.9 Å². The molecule has 0 aliphatic carbocycles. The summed E-state index contributed by atoms with van der Waals surface area (Å²) < 4.78 is 175. The Bertz CT molecular complexity index is 2350. The lowest BCUT2D eigenvalue weighted by Gasteiger charge is -2.44. The van der Waals surface area contributed by atoms with Crippen LogP contribution in [0, 0.1) is 0 Å². The van der Waals surface area contributed by atoms with Crippen LogP contribution >= 0.6 is 15.9 Å². The summed E-state index contributed by atoms with van der Waals surface area (Å²) in [5.41, 5.74) is -3.22. The molecule has 0 aromatic heterocycles. The van der Waals surface area contributed by atoms with Gasteiger partial charge in [-0.15, -0.1) is 0 Å². The minimum Gasteiger partial charge on any atom is -0.195 e. The van der Waals surface area contributed by atoms with Gasteiger partial charge in [-0.3, -0.25) is 0 Å².